The van der Waals surface area contributed by atoms with Crippen molar-refractivity contribution in [1.29, 1.82) is 0 Å². The van der Waals surface area contributed by atoms with Crippen molar-refractivity contribution in [2.45, 2.75) is 116 Å². The second-order valence-electron chi connectivity index (χ2n) is 25.2. The first-order chi connectivity index (χ1) is 33.3. The Morgan fingerprint density at radius 1 is 0.471 bits per heavy atom. The van der Waals surface area contributed by atoms with Crippen molar-refractivity contribution >= 4 is 72.9 Å². The Bertz CT molecular complexity index is 4050. The fourth-order valence-corrected chi connectivity index (χ4v) is 14.5. The van der Waals surface area contributed by atoms with Gasteiger partial charge in [-0.1, -0.05) is 149 Å². The highest BCUT2D eigenvalue weighted by Gasteiger charge is 2.48. The number of benzene rings is 8. The van der Waals surface area contributed by atoms with Gasteiger partial charge in [-0.15, -0.1) is 0 Å². The summed E-state index contributed by atoms with van der Waals surface area (Å²) in [6, 6.07) is 52.5. The van der Waals surface area contributed by atoms with E-state index in [1.165, 1.54) is 135 Å². The third-order valence-electron chi connectivity index (χ3n) is 18.6. The van der Waals surface area contributed by atoms with Crippen LogP contribution in [0.25, 0.3) is 82.8 Å². The molecule has 0 fully saturated rings. The van der Waals surface area contributed by atoms with Crippen molar-refractivity contribution in [2.75, 3.05) is 4.81 Å². The van der Waals surface area contributed by atoms with Crippen molar-refractivity contribution in [3.8, 4) is 39.1 Å². The average Bonchev–Trinajstić information content (AvgIpc) is 4.00. The zero-order valence-corrected chi connectivity index (χ0v) is 42.5. The molecule has 0 saturated carbocycles. The predicted molar refractivity (Wildman–Crippen MR) is 296 cm³/mol. The molecule has 2 aromatic heterocycles. The Morgan fingerprint density at radius 2 is 1.11 bits per heavy atom. The van der Waals surface area contributed by atoms with E-state index in [2.05, 4.69) is 219 Å². The van der Waals surface area contributed by atoms with Gasteiger partial charge in [-0.05, 0) is 167 Å². The van der Waals surface area contributed by atoms with Crippen molar-refractivity contribution in [3.63, 3.8) is 0 Å². The molecule has 5 aliphatic rings. The van der Waals surface area contributed by atoms with Gasteiger partial charge in [0.15, 0.2) is 0 Å². The minimum absolute atomic E-state index is 0.0231. The lowest BCUT2D eigenvalue weighted by molar-refractivity contribution is 0.331. The van der Waals surface area contributed by atoms with Crippen LogP contribution in [-0.2, 0) is 27.1 Å². The maximum Gasteiger partial charge on any atom is 0.333 e. The molecule has 3 aliphatic carbocycles. The van der Waals surface area contributed by atoms with Gasteiger partial charge in [-0.3, -0.25) is 0 Å². The monoisotopic (exact) mass is 906 g/mol. The molecule has 0 radical (unpaired) electrons. The van der Waals surface area contributed by atoms with Crippen molar-refractivity contribution in [3.05, 3.63) is 172 Å². The fourth-order valence-electron chi connectivity index (χ4n) is 14.5. The van der Waals surface area contributed by atoms with Crippen molar-refractivity contribution in [1.82, 2.24) is 4.57 Å². The van der Waals surface area contributed by atoms with E-state index in [-0.39, 0.29) is 33.9 Å². The molecule has 0 amide bonds. The van der Waals surface area contributed by atoms with E-state index in [9.17, 15) is 0 Å². The van der Waals surface area contributed by atoms with Crippen LogP contribution >= 0.6 is 0 Å². The summed E-state index contributed by atoms with van der Waals surface area (Å²) in [5, 5.41) is 4.92. The number of rotatable bonds is 1. The molecule has 0 N–H and O–H groups in total. The maximum absolute atomic E-state index is 6.85. The summed E-state index contributed by atoms with van der Waals surface area (Å²) >= 11 is 0. The van der Waals surface area contributed by atoms with Crippen LogP contribution in [0.1, 0.15) is 128 Å². The molecule has 2 aliphatic heterocycles. The Labute approximate surface area is 412 Å². The van der Waals surface area contributed by atoms with Crippen LogP contribution in [0.3, 0.4) is 0 Å². The normalized spacial score (nSPS) is 17.9. The zero-order chi connectivity index (χ0) is 47.9. The van der Waals surface area contributed by atoms with E-state index in [4.69, 9.17) is 4.42 Å². The van der Waals surface area contributed by atoms with Gasteiger partial charge in [0.25, 0.3) is 0 Å². The highest BCUT2D eigenvalue weighted by molar-refractivity contribution is 6.94. The summed E-state index contributed by atoms with van der Waals surface area (Å²) in [5.74, 6) is 0. The molecule has 0 spiro atoms. The summed E-state index contributed by atoms with van der Waals surface area (Å²) in [6.45, 7) is 26.5. The minimum atomic E-state index is -0.179. The highest BCUT2D eigenvalue weighted by Crippen LogP contribution is 2.58. The van der Waals surface area contributed by atoms with E-state index in [0.29, 0.717) is 0 Å². The third kappa shape index (κ3) is 4.98. The summed E-state index contributed by atoms with van der Waals surface area (Å²) in [6.07, 6.45) is 2.40. The number of hydrogen-bond acceptors (Lipinski definition) is 2. The predicted octanol–water partition coefficient (Wildman–Crippen LogP) is 16.2. The molecule has 4 heterocycles. The summed E-state index contributed by atoms with van der Waals surface area (Å²) in [4.78, 5) is 2.72. The first-order valence-electron chi connectivity index (χ1n) is 25.8. The SMILES string of the molecule is CC(C)(C)c1ccc(N2B3c4cc5oc6ccccc6c5cc4-n4c5cc6c(cc5c5ccc(c3c54)-c3cc4c(cc32)-c2cc3c(cc2C4(C)C)C(C)(C)CCC3(C)C)-c2ccccc2C6(C)C)cc1. The molecule has 0 bridgehead atoms. The van der Waals surface area contributed by atoms with E-state index >= 15 is 0 Å². The topological polar surface area (TPSA) is 21.3 Å². The van der Waals surface area contributed by atoms with Gasteiger partial charge in [0, 0.05) is 55.0 Å². The summed E-state index contributed by atoms with van der Waals surface area (Å²) in [5.41, 5.74) is 28.9. The van der Waals surface area contributed by atoms with Crippen molar-refractivity contribution in [2.24, 2.45) is 0 Å². The Hall–Kier alpha value is -6.78. The van der Waals surface area contributed by atoms with Gasteiger partial charge in [-0.2, -0.15) is 0 Å². The second-order valence-corrected chi connectivity index (χ2v) is 25.2. The maximum atomic E-state index is 6.85. The van der Waals surface area contributed by atoms with Crippen molar-refractivity contribution < 1.29 is 4.42 Å². The van der Waals surface area contributed by atoms with Gasteiger partial charge < -0.3 is 13.8 Å². The molecule has 15 rings (SSSR count). The molecule has 0 saturated heterocycles. The largest absolute Gasteiger partial charge is 0.456 e. The van der Waals surface area contributed by atoms with E-state index in [1.807, 2.05) is 0 Å². The first-order valence-corrected chi connectivity index (χ1v) is 25.8. The minimum Gasteiger partial charge on any atom is -0.456 e. The number of aromatic nitrogens is 1. The molecule has 8 aromatic carbocycles. The summed E-state index contributed by atoms with van der Waals surface area (Å²) in [7, 11) is 0. The van der Waals surface area contributed by atoms with Crippen LogP contribution in [0.2, 0.25) is 0 Å². The molecule has 0 unspecified atom stereocenters. The number of nitrogens with zero attached hydrogens (tertiary/aromatic N) is 2. The Kier molecular flexibility index (Phi) is 7.48. The molecular formula is C66H59BN2O. The number of para-hydroxylation sites is 1. The molecule has 10 aromatic rings. The average molecular weight is 907 g/mol. The number of anilines is 2. The standard InChI is InChI=1S/C66H59BN2O/c1-62(2,3)36-20-22-37(23-21-36)69-56-31-44-43-29-52-53(64(6,7)27-26-63(52,4)5)33-50(43)66(10,11)49(44)30-46(56)40-24-25-41-45-28-42-38-16-12-14-18-48(38)65(8,9)51(42)34-55(45)68-57-32-47-39-17-13-15-19-58(39)70-59(47)35-54(57)67(69)60(40)61(41)68/h12-25,28-35H,26-27H2,1-11H3. The van der Waals surface area contributed by atoms with Gasteiger partial charge in [0.2, 0.25) is 0 Å². The smallest absolute Gasteiger partial charge is 0.333 e. The third-order valence-corrected chi connectivity index (χ3v) is 18.6. The number of fused-ring (bicyclic) bond motifs is 18. The van der Waals surface area contributed by atoms with Crippen LogP contribution in [0.15, 0.2) is 138 Å². The van der Waals surface area contributed by atoms with E-state index in [1.54, 1.807) is 0 Å². The quantitative estimate of drug-likeness (QED) is 0.153. The molecular weight excluding hydrogens is 848 g/mol. The van der Waals surface area contributed by atoms with Gasteiger partial charge in [0.05, 0.1) is 11.0 Å². The Balaban J connectivity index is 1.08. The van der Waals surface area contributed by atoms with Crippen LogP contribution in [0, 0.1) is 0 Å². The fraction of sp³-hybridized carbons (Fsp3) is 0.273. The van der Waals surface area contributed by atoms with Gasteiger partial charge >= 0.3 is 6.85 Å². The summed E-state index contributed by atoms with van der Waals surface area (Å²) < 4.78 is 9.50. The Morgan fingerprint density at radius 3 is 1.89 bits per heavy atom. The van der Waals surface area contributed by atoms with Gasteiger partial charge in [0.1, 0.15) is 11.2 Å². The molecule has 0 atom stereocenters. The lowest BCUT2D eigenvalue weighted by Crippen LogP contribution is -2.60. The second kappa shape index (κ2) is 12.8. The lowest BCUT2D eigenvalue weighted by Gasteiger charge is -2.42. The molecule has 70 heavy (non-hydrogen) atoms. The zero-order valence-electron chi connectivity index (χ0n) is 42.5. The van der Waals surface area contributed by atoms with Gasteiger partial charge in [-0.25, -0.2) is 0 Å². The van der Waals surface area contributed by atoms with E-state index < -0.39 is 0 Å². The van der Waals surface area contributed by atoms with Crippen LogP contribution in [0.5, 0.6) is 0 Å². The molecule has 3 nitrogen and oxygen atoms in total. The van der Waals surface area contributed by atoms with Crippen LogP contribution in [-0.4, -0.2) is 11.4 Å². The van der Waals surface area contributed by atoms with E-state index in [0.717, 1.165) is 21.9 Å². The number of hydrogen-bond donors (Lipinski definition) is 0. The molecule has 4 heteroatoms. The number of furan rings is 1. The van der Waals surface area contributed by atoms with Crippen LogP contribution < -0.4 is 15.7 Å². The lowest BCUT2D eigenvalue weighted by atomic mass is 9.44. The first kappa shape index (κ1) is 41.0. The highest BCUT2D eigenvalue weighted by atomic mass is 16.3. The van der Waals surface area contributed by atoms with Crippen LogP contribution in [0.4, 0.5) is 11.4 Å². The molecule has 342 valence electrons.